The Hall–Kier alpha value is -1.51. The van der Waals surface area contributed by atoms with Crippen molar-refractivity contribution < 1.29 is 24.2 Å². The van der Waals surface area contributed by atoms with E-state index in [0.29, 0.717) is 15.9 Å². The SMILES string of the molecule is CCOc1cc(C(=O)O)cc(I)c1OCC(N)=O. The second-order valence-corrected chi connectivity index (χ2v) is 4.44. The summed E-state index contributed by atoms with van der Waals surface area (Å²) in [6, 6.07) is 2.78. The number of primary amides is 1. The van der Waals surface area contributed by atoms with E-state index in [-0.39, 0.29) is 17.9 Å². The molecule has 6 nitrogen and oxygen atoms in total. The first-order chi connectivity index (χ1) is 8.45. The molecule has 0 saturated carbocycles. The highest BCUT2D eigenvalue weighted by Crippen LogP contribution is 2.34. The smallest absolute Gasteiger partial charge is 0.335 e. The normalized spacial score (nSPS) is 9.89. The van der Waals surface area contributed by atoms with Gasteiger partial charge in [0.1, 0.15) is 0 Å². The van der Waals surface area contributed by atoms with E-state index < -0.39 is 11.9 Å². The number of ether oxygens (including phenoxy) is 2. The average Bonchev–Trinajstić information content (AvgIpc) is 2.27. The first-order valence-corrected chi connectivity index (χ1v) is 6.14. The molecular formula is C11H12INO5. The lowest BCUT2D eigenvalue weighted by Gasteiger charge is -2.13. The van der Waals surface area contributed by atoms with Crippen LogP contribution in [0.15, 0.2) is 12.1 Å². The molecule has 3 N–H and O–H groups in total. The molecule has 0 aliphatic carbocycles. The topological polar surface area (TPSA) is 98.8 Å². The average molecular weight is 365 g/mol. The fourth-order valence-electron chi connectivity index (χ4n) is 1.24. The Morgan fingerprint density at radius 3 is 2.56 bits per heavy atom. The third-order valence-electron chi connectivity index (χ3n) is 1.92. The molecule has 0 unspecified atom stereocenters. The van der Waals surface area contributed by atoms with Gasteiger partial charge in [-0.2, -0.15) is 0 Å². The van der Waals surface area contributed by atoms with E-state index in [1.54, 1.807) is 6.92 Å². The molecule has 0 aliphatic heterocycles. The number of aromatic carboxylic acids is 1. The van der Waals surface area contributed by atoms with Crippen molar-refractivity contribution in [3.05, 3.63) is 21.3 Å². The van der Waals surface area contributed by atoms with Crippen LogP contribution in [0.1, 0.15) is 17.3 Å². The Morgan fingerprint density at radius 1 is 1.39 bits per heavy atom. The van der Waals surface area contributed by atoms with E-state index in [1.165, 1.54) is 12.1 Å². The van der Waals surface area contributed by atoms with E-state index in [1.807, 2.05) is 22.6 Å². The van der Waals surface area contributed by atoms with Crippen LogP contribution in [0.5, 0.6) is 11.5 Å². The van der Waals surface area contributed by atoms with Gasteiger partial charge >= 0.3 is 5.97 Å². The van der Waals surface area contributed by atoms with Gasteiger partial charge < -0.3 is 20.3 Å². The lowest BCUT2D eigenvalue weighted by molar-refractivity contribution is -0.120. The van der Waals surface area contributed by atoms with Crippen LogP contribution < -0.4 is 15.2 Å². The number of amides is 1. The van der Waals surface area contributed by atoms with Crippen LogP contribution in [0, 0.1) is 3.57 Å². The van der Waals surface area contributed by atoms with Gasteiger partial charge in [0.25, 0.3) is 5.91 Å². The monoisotopic (exact) mass is 365 g/mol. The Balaban J connectivity index is 3.13. The molecule has 1 rings (SSSR count). The molecule has 1 amide bonds. The van der Waals surface area contributed by atoms with E-state index in [9.17, 15) is 9.59 Å². The molecule has 0 heterocycles. The number of benzene rings is 1. The fraction of sp³-hybridized carbons (Fsp3) is 0.273. The molecule has 0 radical (unpaired) electrons. The number of halogens is 1. The molecule has 1 aromatic rings. The molecule has 0 spiro atoms. The second kappa shape index (κ2) is 6.43. The van der Waals surface area contributed by atoms with Crippen molar-refractivity contribution in [1.29, 1.82) is 0 Å². The van der Waals surface area contributed by atoms with Crippen LogP contribution in [0.25, 0.3) is 0 Å². The predicted molar refractivity (Wildman–Crippen MR) is 72.0 cm³/mol. The fourth-order valence-corrected chi connectivity index (χ4v) is 1.99. The van der Waals surface area contributed by atoms with Gasteiger partial charge in [0, 0.05) is 0 Å². The van der Waals surface area contributed by atoms with Crippen molar-refractivity contribution in [3.8, 4) is 11.5 Å². The van der Waals surface area contributed by atoms with Crippen molar-refractivity contribution in [2.75, 3.05) is 13.2 Å². The lowest BCUT2D eigenvalue weighted by atomic mass is 10.2. The van der Waals surface area contributed by atoms with Crippen molar-refractivity contribution in [1.82, 2.24) is 0 Å². The molecule has 0 atom stereocenters. The molecule has 0 aromatic heterocycles. The highest BCUT2D eigenvalue weighted by atomic mass is 127. The highest BCUT2D eigenvalue weighted by Gasteiger charge is 2.15. The minimum absolute atomic E-state index is 0.0919. The van der Waals surface area contributed by atoms with Crippen LogP contribution in [0.2, 0.25) is 0 Å². The van der Waals surface area contributed by atoms with Crippen LogP contribution in [0.4, 0.5) is 0 Å². The van der Waals surface area contributed by atoms with Crippen molar-refractivity contribution >= 4 is 34.5 Å². The molecule has 0 fully saturated rings. The van der Waals surface area contributed by atoms with E-state index in [4.69, 9.17) is 20.3 Å². The van der Waals surface area contributed by atoms with E-state index in [0.717, 1.165) is 0 Å². The van der Waals surface area contributed by atoms with Crippen LogP contribution in [-0.4, -0.2) is 30.2 Å². The summed E-state index contributed by atoms with van der Waals surface area (Å²) in [7, 11) is 0. The second-order valence-electron chi connectivity index (χ2n) is 3.28. The summed E-state index contributed by atoms with van der Waals surface area (Å²) in [6.07, 6.45) is 0. The molecule has 7 heteroatoms. The Bertz CT molecular complexity index is 475. The summed E-state index contributed by atoms with van der Waals surface area (Å²) in [5.74, 6) is -1.07. The van der Waals surface area contributed by atoms with Gasteiger partial charge in [-0.25, -0.2) is 4.79 Å². The number of carbonyl (C=O) groups excluding carboxylic acids is 1. The summed E-state index contributed by atoms with van der Waals surface area (Å²) in [4.78, 5) is 21.6. The van der Waals surface area contributed by atoms with Crippen LogP contribution in [-0.2, 0) is 4.79 Å². The zero-order chi connectivity index (χ0) is 13.7. The first-order valence-electron chi connectivity index (χ1n) is 5.06. The minimum atomic E-state index is -1.06. The summed E-state index contributed by atoms with van der Waals surface area (Å²) in [5, 5.41) is 8.94. The molecular weight excluding hydrogens is 353 g/mol. The summed E-state index contributed by atoms with van der Waals surface area (Å²) < 4.78 is 11.1. The molecule has 1 aromatic carbocycles. The lowest BCUT2D eigenvalue weighted by Crippen LogP contribution is -2.20. The first kappa shape index (κ1) is 14.6. The van der Waals surface area contributed by atoms with Gasteiger partial charge in [0.15, 0.2) is 18.1 Å². The molecule has 0 bridgehead atoms. The summed E-state index contributed by atoms with van der Waals surface area (Å²) in [6.45, 7) is 1.83. The highest BCUT2D eigenvalue weighted by molar-refractivity contribution is 14.1. The summed E-state index contributed by atoms with van der Waals surface area (Å²) in [5.41, 5.74) is 5.08. The Labute approximate surface area is 117 Å². The van der Waals surface area contributed by atoms with Gasteiger partial charge in [-0.15, -0.1) is 0 Å². The number of carbonyl (C=O) groups is 2. The number of hydrogen-bond donors (Lipinski definition) is 2. The van der Waals surface area contributed by atoms with Gasteiger partial charge in [0.05, 0.1) is 15.7 Å². The zero-order valence-corrected chi connectivity index (χ0v) is 11.8. The van der Waals surface area contributed by atoms with Crippen molar-refractivity contribution in [3.63, 3.8) is 0 Å². The van der Waals surface area contributed by atoms with Crippen LogP contribution in [0.3, 0.4) is 0 Å². The number of nitrogens with two attached hydrogens (primary N) is 1. The Morgan fingerprint density at radius 2 is 2.06 bits per heavy atom. The molecule has 0 aliphatic rings. The number of carboxylic acid groups (broad SMARTS) is 1. The Kier molecular flexibility index (Phi) is 5.20. The molecule has 98 valence electrons. The van der Waals surface area contributed by atoms with Gasteiger partial charge in [-0.1, -0.05) is 0 Å². The maximum absolute atomic E-state index is 10.9. The van der Waals surface area contributed by atoms with Crippen molar-refractivity contribution in [2.45, 2.75) is 6.92 Å². The number of carboxylic acids is 1. The third kappa shape index (κ3) is 3.76. The van der Waals surface area contributed by atoms with E-state index in [2.05, 4.69) is 0 Å². The quantitative estimate of drug-likeness (QED) is 0.740. The molecule has 18 heavy (non-hydrogen) atoms. The summed E-state index contributed by atoms with van der Waals surface area (Å²) >= 11 is 1.91. The minimum Gasteiger partial charge on any atom is -0.490 e. The van der Waals surface area contributed by atoms with Gasteiger partial charge in [-0.05, 0) is 41.6 Å². The van der Waals surface area contributed by atoms with Gasteiger partial charge in [-0.3, -0.25) is 4.79 Å². The van der Waals surface area contributed by atoms with Gasteiger partial charge in [0.2, 0.25) is 0 Å². The standard InChI is InChI=1S/C11H12INO5/c1-2-17-8-4-6(11(15)16)3-7(12)10(8)18-5-9(13)14/h3-4H,2,5H2,1H3,(H2,13,14)(H,15,16). The largest absolute Gasteiger partial charge is 0.490 e. The number of rotatable bonds is 6. The molecule has 0 saturated heterocycles. The van der Waals surface area contributed by atoms with Crippen molar-refractivity contribution in [2.24, 2.45) is 5.73 Å². The zero-order valence-electron chi connectivity index (χ0n) is 9.60. The number of hydrogen-bond acceptors (Lipinski definition) is 4. The third-order valence-corrected chi connectivity index (χ3v) is 2.72. The maximum Gasteiger partial charge on any atom is 0.335 e. The van der Waals surface area contributed by atoms with Crippen LogP contribution >= 0.6 is 22.6 Å². The predicted octanol–water partition coefficient (Wildman–Crippen LogP) is 1.25. The van der Waals surface area contributed by atoms with E-state index >= 15 is 0 Å². The maximum atomic E-state index is 10.9.